The van der Waals surface area contributed by atoms with Gasteiger partial charge in [0.05, 0.1) is 22.7 Å². The molecule has 0 atom stereocenters. The summed E-state index contributed by atoms with van der Waals surface area (Å²) in [5.74, 6) is 0. The van der Waals surface area contributed by atoms with Crippen LogP contribution in [-0.4, -0.2) is 6.71 Å². The summed E-state index contributed by atoms with van der Waals surface area (Å²) in [5, 5.41) is 0. The third-order valence-electron chi connectivity index (χ3n) is 14.0. The topological polar surface area (TPSA) is 9.72 Å². The van der Waals surface area contributed by atoms with E-state index in [2.05, 4.69) is 212 Å². The van der Waals surface area contributed by atoms with Crippen LogP contribution in [0, 0.1) is 0 Å². The lowest BCUT2D eigenvalue weighted by molar-refractivity contribution is 0.632. The van der Waals surface area contributed by atoms with Gasteiger partial charge in [-0.25, -0.2) is 0 Å². The fraction of sp³-hybridized carbons (Fsp3) is 0.111. The minimum absolute atomic E-state index is 0.0908. The molecule has 5 heteroatoms. The first kappa shape index (κ1) is 33.5. The summed E-state index contributed by atoms with van der Waals surface area (Å²) in [5.41, 5.74) is 23.1. The van der Waals surface area contributed by atoms with Gasteiger partial charge in [-0.2, -0.15) is 0 Å². The zero-order chi connectivity index (χ0) is 39.4. The Bertz CT molecular complexity index is 2950. The Hall–Kier alpha value is -6.43. The lowest BCUT2D eigenvalue weighted by atomic mass is 9.32. The third-order valence-corrected chi connectivity index (χ3v) is 15.1. The van der Waals surface area contributed by atoms with Gasteiger partial charge in [0.1, 0.15) is 0 Å². The van der Waals surface area contributed by atoms with Crippen LogP contribution in [0.15, 0.2) is 180 Å². The number of nitrogens with zero attached hydrogens (tertiary/aromatic N) is 3. The van der Waals surface area contributed by atoms with Gasteiger partial charge < -0.3 is 14.7 Å². The zero-order valence-corrected chi connectivity index (χ0v) is 34.3. The normalized spacial score (nSPS) is 16.2. The lowest BCUT2D eigenvalue weighted by Crippen LogP contribution is -2.63. The summed E-state index contributed by atoms with van der Waals surface area (Å²) in [6.07, 6.45) is 0. The quantitative estimate of drug-likeness (QED) is 0.162. The first-order valence-corrected chi connectivity index (χ1v) is 21.6. The van der Waals surface area contributed by atoms with Crippen LogP contribution in [0.1, 0.15) is 49.9 Å². The molecule has 0 saturated heterocycles. The number of benzene rings is 8. The highest BCUT2D eigenvalue weighted by molar-refractivity contribution is 7.99. The molecule has 5 heterocycles. The van der Waals surface area contributed by atoms with Crippen molar-refractivity contribution in [3.05, 3.63) is 192 Å². The number of fused-ring (bicyclic) bond motifs is 10. The van der Waals surface area contributed by atoms with Crippen molar-refractivity contribution in [2.75, 3.05) is 14.7 Å². The van der Waals surface area contributed by atoms with Gasteiger partial charge in [-0.3, -0.25) is 0 Å². The molecule has 0 saturated carbocycles. The summed E-state index contributed by atoms with van der Waals surface area (Å²) in [4.78, 5) is 10.2. The molecule has 0 amide bonds. The Morgan fingerprint density at radius 2 is 0.831 bits per heavy atom. The second-order valence-electron chi connectivity index (χ2n) is 17.7. The van der Waals surface area contributed by atoms with Crippen LogP contribution in [0.2, 0.25) is 0 Å². The van der Waals surface area contributed by atoms with Crippen molar-refractivity contribution in [1.29, 1.82) is 0 Å². The van der Waals surface area contributed by atoms with Gasteiger partial charge in [0.2, 0.25) is 0 Å². The van der Waals surface area contributed by atoms with Crippen LogP contribution in [0.4, 0.5) is 51.2 Å². The van der Waals surface area contributed by atoms with Crippen molar-refractivity contribution in [3.63, 3.8) is 0 Å². The van der Waals surface area contributed by atoms with Crippen molar-refractivity contribution in [2.45, 2.75) is 48.3 Å². The SMILES string of the molecule is CC1(C)c2ccccc2N2c3cc(-c4ccc(N5c6ccccc6Sc6ccccc65)cc4)cc4c3B(c3cccc1c32)c1cccc2c1N4c1ccccc1C2(C)C. The van der Waals surface area contributed by atoms with Crippen molar-refractivity contribution in [3.8, 4) is 11.1 Å². The molecule has 0 aliphatic carbocycles. The minimum Gasteiger partial charge on any atom is -0.311 e. The average Bonchev–Trinajstić information content (AvgIpc) is 3.27. The van der Waals surface area contributed by atoms with Gasteiger partial charge in [-0.15, -0.1) is 0 Å². The van der Waals surface area contributed by atoms with E-state index in [0.29, 0.717) is 0 Å². The fourth-order valence-corrected chi connectivity index (χ4v) is 12.3. The molecule has 0 spiro atoms. The van der Waals surface area contributed by atoms with Crippen molar-refractivity contribution in [1.82, 2.24) is 0 Å². The van der Waals surface area contributed by atoms with E-state index in [0.717, 1.165) is 5.69 Å². The molecular formula is C54H40BN3S. The molecule has 280 valence electrons. The van der Waals surface area contributed by atoms with Crippen LogP contribution in [0.3, 0.4) is 0 Å². The highest BCUT2D eigenvalue weighted by atomic mass is 32.2. The number of para-hydroxylation sites is 6. The maximum atomic E-state index is 2.62. The van der Waals surface area contributed by atoms with E-state index >= 15 is 0 Å². The third kappa shape index (κ3) is 4.31. The van der Waals surface area contributed by atoms with E-state index in [9.17, 15) is 0 Å². The summed E-state index contributed by atoms with van der Waals surface area (Å²) in [6, 6.07) is 64.2. The Kier molecular flexibility index (Phi) is 6.60. The molecule has 0 aromatic heterocycles. The summed E-state index contributed by atoms with van der Waals surface area (Å²) in [7, 11) is 0. The standard InChI is InChI=1S/C54H40BN3S/c1-53(2)36-15-5-7-21-42(36)57-46-31-34(33-27-29-35(30-28-33)56-44-23-9-11-25-48(44)59-49-26-12-10-24-45(49)56)32-47-50(46)55(40-19-13-17-38(53)51(40)57)41-20-14-18-39-52(41)58(47)43-22-8-6-16-37(43)54(39,3)4/h5-32H,1-4H3. The molecule has 0 N–H and O–H groups in total. The Balaban J connectivity index is 1.08. The molecule has 0 radical (unpaired) electrons. The average molecular weight is 774 g/mol. The van der Waals surface area contributed by atoms with E-state index in [1.54, 1.807) is 0 Å². The monoisotopic (exact) mass is 773 g/mol. The molecule has 5 aliphatic rings. The largest absolute Gasteiger partial charge is 0.311 e. The van der Waals surface area contributed by atoms with Crippen LogP contribution < -0.4 is 31.1 Å². The first-order chi connectivity index (χ1) is 28.8. The molecule has 5 aliphatic heterocycles. The predicted octanol–water partition coefficient (Wildman–Crippen LogP) is 12.6. The van der Waals surface area contributed by atoms with Crippen LogP contribution >= 0.6 is 11.8 Å². The molecular weight excluding hydrogens is 733 g/mol. The van der Waals surface area contributed by atoms with E-state index in [1.807, 2.05) is 11.8 Å². The van der Waals surface area contributed by atoms with Gasteiger partial charge in [0.15, 0.2) is 0 Å². The van der Waals surface area contributed by atoms with Gasteiger partial charge in [-0.1, -0.05) is 149 Å². The molecule has 8 aromatic rings. The predicted molar refractivity (Wildman–Crippen MR) is 249 cm³/mol. The molecule has 0 fully saturated rings. The molecule has 8 aromatic carbocycles. The minimum atomic E-state index is -0.159. The zero-order valence-electron chi connectivity index (χ0n) is 33.5. The smallest absolute Gasteiger partial charge is 0.252 e. The number of anilines is 9. The molecule has 0 bridgehead atoms. The van der Waals surface area contributed by atoms with Gasteiger partial charge in [0, 0.05) is 49.1 Å². The van der Waals surface area contributed by atoms with E-state index in [4.69, 9.17) is 0 Å². The van der Waals surface area contributed by atoms with Crippen LogP contribution in [-0.2, 0) is 10.8 Å². The highest BCUT2D eigenvalue weighted by Crippen LogP contribution is 2.58. The van der Waals surface area contributed by atoms with Crippen molar-refractivity contribution < 1.29 is 0 Å². The number of rotatable bonds is 2. The van der Waals surface area contributed by atoms with Crippen molar-refractivity contribution in [2.24, 2.45) is 0 Å². The van der Waals surface area contributed by atoms with E-state index in [1.165, 1.54) is 105 Å². The number of hydrogen-bond acceptors (Lipinski definition) is 4. The van der Waals surface area contributed by atoms with Crippen LogP contribution in [0.5, 0.6) is 0 Å². The van der Waals surface area contributed by atoms with E-state index < -0.39 is 0 Å². The Morgan fingerprint density at radius 1 is 0.390 bits per heavy atom. The number of hydrogen-bond donors (Lipinski definition) is 0. The molecule has 13 rings (SSSR count). The van der Waals surface area contributed by atoms with Gasteiger partial charge in [0.25, 0.3) is 6.71 Å². The summed E-state index contributed by atoms with van der Waals surface area (Å²) >= 11 is 1.85. The molecule has 0 unspecified atom stereocenters. The van der Waals surface area contributed by atoms with Gasteiger partial charge in [-0.05, 0) is 110 Å². The first-order valence-electron chi connectivity index (χ1n) is 20.8. The second-order valence-corrected chi connectivity index (χ2v) is 18.8. The van der Waals surface area contributed by atoms with Crippen molar-refractivity contribution >= 4 is 86.0 Å². The molecule has 3 nitrogen and oxygen atoms in total. The maximum absolute atomic E-state index is 2.62. The summed E-state index contributed by atoms with van der Waals surface area (Å²) < 4.78 is 0. The molecule has 59 heavy (non-hydrogen) atoms. The lowest BCUT2D eigenvalue weighted by Gasteiger charge is -2.52. The maximum Gasteiger partial charge on any atom is 0.252 e. The van der Waals surface area contributed by atoms with E-state index in [-0.39, 0.29) is 17.5 Å². The fourth-order valence-electron chi connectivity index (χ4n) is 11.2. The Morgan fingerprint density at radius 3 is 1.34 bits per heavy atom. The Labute approximate surface area is 350 Å². The highest BCUT2D eigenvalue weighted by Gasteiger charge is 2.51. The summed E-state index contributed by atoms with van der Waals surface area (Å²) in [6.45, 7) is 9.71. The van der Waals surface area contributed by atoms with Gasteiger partial charge >= 0.3 is 0 Å². The second kappa shape index (κ2) is 11.6. The van der Waals surface area contributed by atoms with Crippen LogP contribution in [0.25, 0.3) is 11.1 Å².